The van der Waals surface area contributed by atoms with E-state index in [1.165, 1.54) is 11.1 Å². The molecule has 0 saturated heterocycles. The number of imidazole rings is 1. The van der Waals surface area contributed by atoms with Crippen molar-refractivity contribution in [2.45, 2.75) is 13.8 Å². The Balaban J connectivity index is 1.89. The highest BCUT2D eigenvalue weighted by Crippen LogP contribution is 2.29. The number of benzene rings is 3. The van der Waals surface area contributed by atoms with Gasteiger partial charge in [0.2, 0.25) is 0 Å². The Morgan fingerprint density at radius 3 is 2.11 bits per heavy atom. The monoisotopic (exact) mass is 350 g/mol. The van der Waals surface area contributed by atoms with Gasteiger partial charge in [0, 0.05) is 11.3 Å². The predicted molar refractivity (Wildman–Crippen MR) is 109 cm³/mol. The average molecular weight is 350 g/mol. The Morgan fingerprint density at radius 1 is 0.667 bits per heavy atom. The number of nitrogens with zero attached hydrogens (tertiary/aromatic N) is 4. The highest BCUT2D eigenvalue weighted by Gasteiger charge is 2.17. The number of aryl methyl sites for hydroxylation is 2. The van der Waals surface area contributed by atoms with E-state index in [9.17, 15) is 0 Å². The van der Waals surface area contributed by atoms with E-state index in [-0.39, 0.29) is 0 Å². The lowest BCUT2D eigenvalue weighted by molar-refractivity contribution is 1.07. The molecule has 0 spiro atoms. The van der Waals surface area contributed by atoms with Crippen LogP contribution in [0.2, 0.25) is 0 Å². The molecular formula is C23H18N4. The van der Waals surface area contributed by atoms with Crippen molar-refractivity contribution in [3.63, 3.8) is 0 Å². The summed E-state index contributed by atoms with van der Waals surface area (Å²) >= 11 is 0. The van der Waals surface area contributed by atoms with Crippen LogP contribution in [0.25, 0.3) is 39.4 Å². The number of aromatic nitrogens is 4. The molecule has 3 aromatic carbocycles. The summed E-state index contributed by atoms with van der Waals surface area (Å²) in [5.41, 5.74) is 7.75. The predicted octanol–water partition coefficient (Wildman–Crippen LogP) is 5.25. The fourth-order valence-electron chi connectivity index (χ4n) is 3.35. The zero-order valence-electron chi connectivity index (χ0n) is 15.2. The van der Waals surface area contributed by atoms with Crippen molar-refractivity contribution in [2.75, 3.05) is 0 Å². The maximum absolute atomic E-state index is 4.89. The van der Waals surface area contributed by atoms with Crippen molar-refractivity contribution in [3.8, 4) is 17.1 Å². The van der Waals surface area contributed by atoms with E-state index < -0.39 is 0 Å². The van der Waals surface area contributed by atoms with Gasteiger partial charge < -0.3 is 0 Å². The van der Waals surface area contributed by atoms with Crippen LogP contribution in [0.15, 0.2) is 72.8 Å². The summed E-state index contributed by atoms with van der Waals surface area (Å²) < 4.78 is 2.11. The molecule has 2 aromatic heterocycles. The minimum atomic E-state index is 0.658. The van der Waals surface area contributed by atoms with E-state index in [4.69, 9.17) is 15.0 Å². The van der Waals surface area contributed by atoms with Gasteiger partial charge in [-0.3, -0.25) is 4.57 Å². The summed E-state index contributed by atoms with van der Waals surface area (Å²) in [5, 5.41) is 0. The first-order valence-electron chi connectivity index (χ1n) is 8.99. The van der Waals surface area contributed by atoms with Crippen LogP contribution in [0.1, 0.15) is 11.1 Å². The first kappa shape index (κ1) is 15.7. The molecule has 0 aliphatic carbocycles. The molecule has 5 rings (SSSR count). The Morgan fingerprint density at radius 2 is 1.37 bits per heavy atom. The van der Waals surface area contributed by atoms with Crippen LogP contribution < -0.4 is 0 Å². The summed E-state index contributed by atoms with van der Waals surface area (Å²) in [4.78, 5) is 14.5. The molecular weight excluding hydrogens is 332 g/mol. The van der Waals surface area contributed by atoms with E-state index in [1.54, 1.807) is 0 Å². The van der Waals surface area contributed by atoms with Crippen molar-refractivity contribution in [2.24, 2.45) is 0 Å². The molecule has 5 aromatic rings. The van der Waals surface area contributed by atoms with Crippen LogP contribution in [0.5, 0.6) is 0 Å². The van der Waals surface area contributed by atoms with Gasteiger partial charge in [-0.25, -0.2) is 15.0 Å². The highest BCUT2D eigenvalue weighted by atomic mass is 15.2. The third-order valence-electron chi connectivity index (χ3n) is 4.95. The fraction of sp³-hybridized carbons (Fsp3) is 0.0870. The molecule has 130 valence electrons. The highest BCUT2D eigenvalue weighted by molar-refractivity contribution is 5.86. The van der Waals surface area contributed by atoms with Gasteiger partial charge in [-0.15, -0.1) is 0 Å². The number of fused-ring (bicyclic) bond motifs is 2. The molecule has 0 saturated carbocycles. The van der Waals surface area contributed by atoms with Crippen molar-refractivity contribution >= 4 is 22.3 Å². The Labute approximate surface area is 157 Å². The van der Waals surface area contributed by atoms with Crippen LogP contribution >= 0.6 is 0 Å². The van der Waals surface area contributed by atoms with E-state index in [0.29, 0.717) is 5.65 Å². The summed E-state index contributed by atoms with van der Waals surface area (Å²) in [7, 11) is 0. The minimum absolute atomic E-state index is 0.658. The maximum Gasteiger partial charge on any atom is 0.199 e. The van der Waals surface area contributed by atoms with Crippen molar-refractivity contribution in [3.05, 3.63) is 83.9 Å². The normalized spacial score (nSPS) is 11.3. The summed E-state index contributed by atoms with van der Waals surface area (Å²) in [6.45, 7) is 4.25. The first-order valence-corrected chi connectivity index (χ1v) is 8.99. The number of rotatable bonds is 2. The van der Waals surface area contributed by atoms with Crippen LogP contribution in [-0.4, -0.2) is 19.5 Å². The topological polar surface area (TPSA) is 43.6 Å². The van der Waals surface area contributed by atoms with Crippen molar-refractivity contribution < 1.29 is 0 Å². The van der Waals surface area contributed by atoms with Gasteiger partial charge in [-0.1, -0.05) is 48.5 Å². The third-order valence-corrected chi connectivity index (χ3v) is 4.95. The molecule has 0 fully saturated rings. The molecule has 0 aliphatic rings. The fourth-order valence-corrected chi connectivity index (χ4v) is 3.35. The molecule has 4 heteroatoms. The van der Waals surface area contributed by atoms with Crippen molar-refractivity contribution in [1.29, 1.82) is 0 Å². The average Bonchev–Trinajstić information content (AvgIpc) is 3.07. The van der Waals surface area contributed by atoms with Gasteiger partial charge in [0.15, 0.2) is 11.3 Å². The maximum atomic E-state index is 4.89. The summed E-state index contributed by atoms with van der Waals surface area (Å²) in [6, 6.07) is 24.5. The molecule has 0 bridgehead atoms. The zero-order chi connectivity index (χ0) is 18.4. The van der Waals surface area contributed by atoms with Gasteiger partial charge in [0.25, 0.3) is 0 Å². The SMILES string of the molecule is Cc1ccc(-n2c(-c3ccccc3)nc3nc4ccccc4nc32)cc1C. The largest absolute Gasteiger partial charge is 0.275 e. The summed E-state index contributed by atoms with van der Waals surface area (Å²) in [6.07, 6.45) is 0. The van der Waals surface area contributed by atoms with E-state index in [1.807, 2.05) is 42.5 Å². The third kappa shape index (κ3) is 2.57. The lowest BCUT2D eigenvalue weighted by Crippen LogP contribution is -2.00. The smallest absolute Gasteiger partial charge is 0.199 e. The molecule has 27 heavy (non-hydrogen) atoms. The second-order valence-electron chi connectivity index (χ2n) is 6.76. The molecule has 0 amide bonds. The quantitative estimate of drug-likeness (QED) is 0.436. The van der Waals surface area contributed by atoms with Gasteiger partial charge in [0.05, 0.1) is 11.0 Å². The molecule has 4 nitrogen and oxygen atoms in total. The van der Waals surface area contributed by atoms with Crippen molar-refractivity contribution in [1.82, 2.24) is 19.5 Å². The molecule has 0 N–H and O–H groups in total. The Bertz CT molecular complexity index is 1290. The van der Waals surface area contributed by atoms with Gasteiger partial charge >= 0.3 is 0 Å². The van der Waals surface area contributed by atoms with E-state index >= 15 is 0 Å². The standard InChI is InChI=1S/C23H18N4/c1-15-12-13-18(14-16(15)2)27-22(17-8-4-3-5-9-17)26-21-23(27)25-20-11-7-6-10-19(20)24-21/h3-14H,1-2H3. The summed E-state index contributed by atoms with van der Waals surface area (Å²) in [5.74, 6) is 0.851. The molecule has 0 radical (unpaired) electrons. The number of para-hydroxylation sites is 2. The number of hydrogen-bond acceptors (Lipinski definition) is 3. The lowest BCUT2D eigenvalue weighted by atomic mass is 10.1. The minimum Gasteiger partial charge on any atom is -0.275 e. The van der Waals surface area contributed by atoms with Crippen LogP contribution in [0.4, 0.5) is 0 Å². The number of hydrogen-bond donors (Lipinski definition) is 0. The van der Waals surface area contributed by atoms with Crippen LogP contribution in [0.3, 0.4) is 0 Å². The Kier molecular flexibility index (Phi) is 3.50. The second kappa shape index (κ2) is 6.02. The first-order chi connectivity index (χ1) is 13.2. The Hall–Kier alpha value is -3.53. The van der Waals surface area contributed by atoms with Gasteiger partial charge in [-0.2, -0.15) is 0 Å². The molecule has 0 unspecified atom stereocenters. The van der Waals surface area contributed by atoms with E-state index in [2.05, 4.69) is 48.7 Å². The van der Waals surface area contributed by atoms with Crippen LogP contribution in [0, 0.1) is 13.8 Å². The second-order valence-corrected chi connectivity index (χ2v) is 6.76. The molecule has 2 heterocycles. The van der Waals surface area contributed by atoms with Gasteiger partial charge in [0.1, 0.15) is 5.82 Å². The zero-order valence-corrected chi connectivity index (χ0v) is 15.2. The molecule has 0 aliphatic heterocycles. The van der Waals surface area contributed by atoms with Crippen LogP contribution in [-0.2, 0) is 0 Å². The molecule has 0 atom stereocenters. The van der Waals surface area contributed by atoms with Gasteiger partial charge in [-0.05, 0) is 49.2 Å². The van der Waals surface area contributed by atoms with E-state index in [0.717, 1.165) is 33.8 Å². The lowest BCUT2D eigenvalue weighted by Gasteiger charge is -2.11.